The van der Waals surface area contributed by atoms with Crippen LogP contribution in [0.1, 0.15) is 26.2 Å². The minimum absolute atomic E-state index is 0.0246. The molecule has 0 aromatic carbocycles. The summed E-state index contributed by atoms with van der Waals surface area (Å²) in [6.45, 7) is 2.26. The Morgan fingerprint density at radius 1 is 1.50 bits per heavy atom. The number of hydrogen-bond donors (Lipinski definition) is 2. The van der Waals surface area contributed by atoms with Crippen LogP contribution in [0.4, 0.5) is 0 Å². The van der Waals surface area contributed by atoms with E-state index >= 15 is 0 Å². The van der Waals surface area contributed by atoms with Crippen molar-refractivity contribution < 1.29 is 14.9 Å². The minimum Gasteiger partial charge on any atom is -0.394 e. The van der Waals surface area contributed by atoms with Crippen LogP contribution in [0.2, 0.25) is 0 Å². The van der Waals surface area contributed by atoms with E-state index in [1.165, 1.54) is 0 Å². The van der Waals surface area contributed by atoms with Crippen LogP contribution in [-0.2, 0) is 4.74 Å². The smallest absolute Gasteiger partial charge is 0.154 e. The Kier molecular flexibility index (Phi) is 6.91. The maximum atomic E-state index is 8.98. The summed E-state index contributed by atoms with van der Waals surface area (Å²) in [7, 11) is 0. The SMILES string of the molecule is CCCCC(O)OCCO. The van der Waals surface area contributed by atoms with Crippen molar-refractivity contribution in [3.05, 3.63) is 0 Å². The molecule has 0 heterocycles. The predicted octanol–water partition coefficient (Wildman–Crippen LogP) is 0.504. The standard InChI is InChI=1S/C7H16O3/c1-2-3-4-7(9)10-6-5-8/h7-9H,2-6H2,1H3. The molecule has 3 heteroatoms. The molecule has 0 radical (unpaired) electrons. The first kappa shape index (κ1) is 9.88. The lowest BCUT2D eigenvalue weighted by molar-refractivity contribution is -0.111. The maximum absolute atomic E-state index is 8.98. The van der Waals surface area contributed by atoms with Crippen molar-refractivity contribution in [3.63, 3.8) is 0 Å². The molecule has 0 aromatic rings. The van der Waals surface area contributed by atoms with Gasteiger partial charge in [-0.15, -0.1) is 0 Å². The summed E-state index contributed by atoms with van der Waals surface area (Å²) in [5.41, 5.74) is 0. The van der Waals surface area contributed by atoms with Crippen LogP contribution >= 0.6 is 0 Å². The Morgan fingerprint density at radius 3 is 2.70 bits per heavy atom. The van der Waals surface area contributed by atoms with Gasteiger partial charge in [-0.3, -0.25) is 0 Å². The number of ether oxygens (including phenoxy) is 1. The van der Waals surface area contributed by atoms with E-state index < -0.39 is 6.29 Å². The van der Waals surface area contributed by atoms with Crippen molar-refractivity contribution in [2.24, 2.45) is 0 Å². The fourth-order valence-electron chi connectivity index (χ4n) is 0.651. The number of hydrogen-bond acceptors (Lipinski definition) is 3. The highest BCUT2D eigenvalue weighted by Gasteiger charge is 2.00. The molecule has 2 N–H and O–H groups in total. The van der Waals surface area contributed by atoms with Crippen molar-refractivity contribution in [1.82, 2.24) is 0 Å². The summed E-state index contributed by atoms with van der Waals surface area (Å²) < 4.78 is 4.80. The first-order valence-electron chi connectivity index (χ1n) is 3.71. The van der Waals surface area contributed by atoms with Crippen molar-refractivity contribution in [2.45, 2.75) is 32.5 Å². The largest absolute Gasteiger partial charge is 0.394 e. The number of rotatable bonds is 6. The normalized spacial score (nSPS) is 13.5. The Hall–Kier alpha value is -0.120. The van der Waals surface area contributed by atoms with E-state index in [9.17, 15) is 0 Å². The molecule has 1 atom stereocenters. The van der Waals surface area contributed by atoms with E-state index in [1.807, 2.05) is 0 Å². The molecule has 0 saturated carbocycles. The molecule has 0 spiro atoms. The molecule has 0 fully saturated rings. The van der Waals surface area contributed by atoms with E-state index in [-0.39, 0.29) is 13.2 Å². The highest BCUT2D eigenvalue weighted by Crippen LogP contribution is 2.00. The van der Waals surface area contributed by atoms with Crippen LogP contribution in [0.3, 0.4) is 0 Å². The van der Waals surface area contributed by atoms with Gasteiger partial charge < -0.3 is 14.9 Å². The van der Waals surface area contributed by atoms with E-state index in [1.54, 1.807) is 0 Å². The van der Waals surface area contributed by atoms with Gasteiger partial charge in [0.2, 0.25) is 0 Å². The molecule has 1 unspecified atom stereocenters. The van der Waals surface area contributed by atoms with Gasteiger partial charge >= 0.3 is 0 Å². The molecule has 3 nitrogen and oxygen atoms in total. The van der Waals surface area contributed by atoms with Crippen LogP contribution in [0, 0.1) is 0 Å². The summed E-state index contributed by atoms with van der Waals surface area (Å²) in [6, 6.07) is 0. The molecule has 10 heavy (non-hydrogen) atoms. The first-order valence-corrected chi connectivity index (χ1v) is 3.71. The average molecular weight is 148 g/mol. The number of aliphatic hydroxyl groups is 2. The second kappa shape index (κ2) is 6.99. The van der Waals surface area contributed by atoms with Gasteiger partial charge in [-0.1, -0.05) is 13.3 Å². The summed E-state index contributed by atoms with van der Waals surface area (Å²) in [5, 5.41) is 17.3. The monoisotopic (exact) mass is 148 g/mol. The van der Waals surface area contributed by atoms with Crippen molar-refractivity contribution in [3.8, 4) is 0 Å². The van der Waals surface area contributed by atoms with E-state index in [0.717, 1.165) is 12.8 Å². The molecular weight excluding hydrogens is 132 g/mol. The lowest BCUT2D eigenvalue weighted by Gasteiger charge is -2.09. The number of unbranched alkanes of at least 4 members (excludes halogenated alkanes) is 1. The zero-order chi connectivity index (χ0) is 7.82. The molecule has 0 aliphatic heterocycles. The van der Waals surface area contributed by atoms with Crippen molar-refractivity contribution >= 4 is 0 Å². The van der Waals surface area contributed by atoms with E-state index in [0.29, 0.717) is 6.42 Å². The molecule has 0 bridgehead atoms. The van der Waals surface area contributed by atoms with Gasteiger partial charge in [0.15, 0.2) is 6.29 Å². The van der Waals surface area contributed by atoms with Gasteiger partial charge in [0.25, 0.3) is 0 Å². The topological polar surface area (TPSA) is 49.7 Å². The second-order valence-electron chi connectivity index (χ2n) is 2.19. The highest BCUT2D eigenvalue weighted by molar-refractivity contribution is 4.41. The Labute approximate surface area is 61.6 Å². The summed E-state index contributed by atoms with van der Waals surface area (Å²) in [6.07, 6.45) is 2.00. The first-order chi connectivity index (χ1) is 4.81. The molecule has 0 aromatic heterocycles. The third-order valence-electron chi connectivity index (χ3n) is 1.21. The molecule has 0 aliphatic carbocycles. The maximum Gasteiger partial charge on any atom is 0.154 e. The quantitative estimate of drug-likeness (QED) is 0.539. The second-order valence-corrected chi connectivity index (χ2v) is 2.19. The molecule has 0 rings (SSSR count). The lowest BCUT2D eigenvalue weighted by atomic mass is 10.2. The Balaban J connectivity index is 3.00. The predicted molar refractivity (Wildman–Crippen MR) is 38.6 cm³/mol. The van der Waals surface area contributed by atoms with Gasteiger partial charge in [0.05, 0.1) is 13.2 Å². The number of aliphatic hydroxyl groups excluding tert-OH is 2. The van der Waals surface area contributed by atoms with Gasteiger partial charge in [-0.25, -0.2) is 0 Å². The fraction of sp³-hybridized carbons (Fsp3) is 1.00. The summed E-state index contributed by atoms with van der Waals surface area (Å²) in [5.74, 6) is 0. The molecular formula is C7H16O3. The minimum atomic E-state index is -0.688. The Morgan fingerprint density at radius 2 is 2.20 bits per heavy atom. The van der Waals surface area contributed by atoms with Crippen LogP contribution in [-0.4, -0.2) is 29.7 Å². The van der Waals surface area contributed by atoms with E-state index in [4.69, 9.17) is 14.9 Å². The third-order valence-corrected chi connectivity index (χ3v) is 1.21. The summed E-state index contributed by atoms with van der Waals surface area (Å²) >= 11 is 0. The molecule has 0 aliphatic rings. The zero-order valence-electron chi connectivity index (χ0n) is 6.42. The lowest BCUT2D eigenvalue weighted by Crippen LogP contribution is -2.14. The average Bonchev–Trinajstić information content (AvgIpc) is 1.97. The van der Waals surface area contributed by atoms with Crippen molar-refractivity contribution in [2.75, 3.05) is 13.2 Å². The fourth-order valence-corrected chi connectivity index (χ4v) is 0.651. The van der Waals surface area contributed by atoms with Gasteiger partial charge in [0.1, 0.15) is 0 Å². The molecule has 0 saturated heterocycles. The zero-order valence-corrected chi connectivity index (χ0v) is 6.42. The van der Waals surface area contributed by atoms with Crippen LogP contribution in [0.25, 0.3) is 0 Å². The van der Waals surface area contributed by atoms with Crippen LogP contribution in [0.5, 0.6) is 0 Å². The molecule has 62 valence electrons. The summed E-state index contributed by atoms with van der Waals surface area (Å²) in [4.78, 5) is 0. The van der Waals surface area contributed by atoms with Gasteiger partial charge in [-0.05, 0) is 12.8 Å². The van der Waals surface area contributed by atoms with Gasteiger partial charge in [-0.2, -0.15) is 0 Å². The van der Waals surface area contributed by atoms with E-state index in [2.05, 4.69) is 6.92 Å². The molecule has 0 amide bonds. The van der Waals surface area contributed by atoms with Gasteiger partial charge in [0, 0.05) is 0 Å². The highest BCUT2D eigenvalue weighted by atomic mass is 16.6. The third kappa shape index (κ3) is 6.01. The Bertz CT molecular complexity index is 57.9. The van der Waals surface area contributed by atoms with Crippen LogP contribution in [0.15, 0.2) is 0 Å². The van der Waals surface area contributed by atoms with Crippen LogP contribution < -0.4 is 0 Å². The van der Waals surface area contributed by atoms with Crippen molar-refractivity contribution in [1.29, 1.82) is 0 Å².